The van der Waals surface area contributed by atoms with Crippen molar-refractivity contribution in [1.82, 2.24) is 16.4 Å². The molecule has 0 radical (unpaired) electrons. The fraction of sp³-hybridized carbons (Fsp3) is 0.429. The molecule has 54 valence electrons. The highest BCUT2D eigenvalue weighted by molar-refractivity contribution is 5.29. The van der Waals surface area contributed by atoms with Gasteiger partial charge in [0.25, 0.3) is 0 Å². The topological polar surface area (TPSA) is 36.1 Å². The molecule has 2 bridgehead atoms. The van der Waals surface area contributed by atoms with Gasteiger partial charge in [0.15, 0.2) is 0 Å². The zero-order chi connectivity index (χ0) is 6.81. The Morgan fingerprint density at radius 1 is 1.30 bits per heavy atom. The molecule has 0 amide bonds. The number of hydrogen-bond donors (Lipinski definition) is 3. The summed E-state index contributed by atoms with van der Waals surface area (Å²) in [5.74, 6) is 0. The minimum atomic E-state index is 1.000. The van der Waals surface area contributed by atoms with Crippen molar-refractivity contribution in [2.45, 2.75) is 12.8 Å². The lowest BCUT2D eigenvalue weighted by molar-refractivity contribution is 0.457. The van der Waals surface area contributed by atoms with Crippen LogP contribution in [0.3, 0.4) is 0 Å². The summed E-state index contributed by atoms with van der Waals surface area (Å²) in [6, 6.07) is 0. The van der Waals surface area contributed by atoms with E-state index in [9.17, 15) is 0 Å². The Kier molecular flexibility index (Phi) is 1.45. The summed E-state index contributed by atoms with van der Waals surface area (Å²) in [5, 5.41) is 0. The molecule has 0 saturated carbocycles. The van der Waals surface area contributed by atoms with Crippen LogP contribution < -0.4 is 16.4 Å². The number of hydrazine groups is 2. The molecule has 3 N–H and O–H groups in total. The second kappa shape index (κ2) is 2.44. The third kappa shape index (κ3) is 1.05. The molecule has 1 aliphatic carbocycles. The van der Waals surface area contributed by atoms with Crippen LogP contribution in [0.15, 0.2) is 23.4 Å². The maximum atomic E-state index is 3.06. The highest BCUT2D eigenvalue weighted by Gasteiger charge is 2.09. The van der Waals surface area contributed by atoms with Gasteiger partial charge >= 0.3 is 0 Å². The van der Waals surface area contributed by atoms with Crippen LogP contribution in [0, 0.1) is 0 Å². The molecule has 0 aromatic carbocycles. The SMILES string of the molecule is C1=C2CCNNNC(=C1)C2. The Morgan fingerprint density at radius 3 is 3.30 bits per heavy atom. The first kappa shape index (κ1) is 5.95. The van der Waals surface area contributed by atoms with E-state index in [0.29, 0.717) is 0 Å². The molecule has 2 rings (SSSR count). The lowest BCUT2D eigenvalue weighted by Crippen LogP contribution is -2.44. The van der Waals surface area contributed by atoms with Crippen molar-refractivity contribution in [2.75, 3.05) is 6.54 Å². The number of hydrogen-bond acceptors (Lipinski definition) is 3. The van der Waals surface area contributed by atoms with E-state index in [0.717, 1.165) is 19.4 Å². The summed E-state index contributed by atoms with van der Waals surface area (Å²) in [6.07, 6.45) is 6.55. The van der Waals surface area contributed by atoms with Gasteiger partial charge in [-0.15, -0.1) is 0 Å². The van der Waals surface area contributed by atoms with Crippen molar-refractivity contribution in [3.8, 4) is 0 Å². The molecule has 1 heterocycles. The normalized spacial score (nSPS) is 24.0. The molecule has 2 aliphatic rings. The average molecular weight is 137 g/mol. The number of fused-ring (bicyclic) bond motifs is 2. The standard InChI is InChI=1S/C7H11N3/c1-2-7-5-6(1)3-4-8-10-9-7/h1-2,8-10H,3-5H2. The van der Waals surface area contributed by atoms with Gasteiger partial charge in [0.2, 0.25) is 0 Å². The average Bonchev–Trinajstić information content (AvgIpc) is 2.30. The van der Waals surface area contributed by atoms with E-state index in [1.165, 1.54) is 11.3 Å². The molecule has 1 aliphatic heterocycles. The molecule has 1 saturated heterocycles. The van der Waals surface area contributed by atoms with E-state index in [-0.39, 0.29) is 0 Å². The highest BCUT2D eigenvalue weighted by Crippen LogP contribution is 2.19. The van der Waals surface area contributed by atoms with Crippen molar-refractivity contribution in [3.05, 3.63) is 23.4 Å². The molecule has 0 aromatic rings. The van der Waals surface area contributed by atoms with Gasteiger partial charge < -0.3 is 5.43 Å². The van der Waals surface area contributed by atoms with Crippen LogP contribution in [-0.4, -0.2) is 6.54 Å². The Morgan fingerprint density at radius 2 is 2.30 bits per heavy atom. The second-order valence-electron chi connectivity index (χ2n) is 2.62. The predicted octanol–water partition coefficient (Wildman–Crippen LogP) is 0.203. The van der Waals surface area contributed by atoms with E-state index in [1.54, 1.807) is 0 Å². The fourth-order valence-corrected chi connectivity index (χ4v) is 1.25. The maximum absolute atomic E-state index is 3.06. The van der Waals surface area contributed by atoms with Gasteiger partial charge in [0.05, 0.1) is 0 Å². The zero-order valence-electron chi connectivity index (χ0n) is 5.78. The molecular weight excluding hydrogens is 126 g/mol. The fourth-order valence-electron chi connectivity index (χ4n) is 1.25. The van der Waals surface area contributed by atoms with Gasteiger partial charge in [0, 0.05) is 18.7 Å². The van der Waals surface area contributed by atoms with Crippen molar-refractivity contribution < 1.29 is 0 Å². The maximum Gasteiger partial charge on any atom is 0.0315 e. The van der Waals surface area contributed by atoms with Gasteiger partial charge in [-0.3, -0.25) is 0 Å². The van der Waals surface area contributed by atoms with E-state index < -0.39 is 0 Å². The van der Waals surface area contributed by atoms with E-state index in [4.69, 9.17) is 0 Å². The summed E-state index contributed by atoms with van der Waals surface area (Å²) in [7, 11) is 0. The Labute approximate surface area is 60.1 Å². The Bertz CT molecular complexity index is 173. The van der Waals surface area contributed by atoms with Crippen LogP contribution in [0.5, 0.6) is 0 Å². The third-order valence-corrected chi connectivity index (χ3v) is 1.82. The summed E-state index contributed by atoms with van der Waals surface area (Å²) in [5.41, 5.74) is 11.8. The first-order valence-corrected chi connectivity index (χ1v) is 3.57. The van der Waals surface area contributed by atoms with Crippen LogP contribution in [0.4, 0.5) is 0 Å². The Hall–Kier alpha value is -0.800. The number of rotatable bonds is 0. The molecular formula is C7H11N3. The monoisotopic (exact) mass is 137 g/mol. The summed E-state index contributed by atoms with van der Waals surface area (Å²) >= 11 is 0. The molecule has 0 atom stereocenters. The van der Waals surface area contributed by atoms with Crippen LogP contribution in [-0.2, 0) is 0 Å². The molecule has 0 spiro atoms. The molecule has 3 heteroatoms. The summed E-state index contributed by atoms with van der Waals surface area (Å²) < 4.78 is 0. The molecule has 0 aromatic heterocycles. The molecule has 10 heavy (non-hydrogen) atoms. The number of nitrogens with one attached hydrogen (secondary N) is 3. The largest absolute Gasteiger partial charge is 0.312 e. The van der Waals surface area contributed by atoms with E-state index in [2.05, 4.69) is 28.5 Å². The predicted molar refractivity (Wildman–Crippen MR) is 39.7 cm³/mol. The molecule has 0 unspecified atom stereocenters. The van der Waals surface area contributed by atoms with Crippen molar-refractivity contribution in [3.63, 3.8) is 0 Å². The summed E-state index contributed by atoms with van der Waals surface area (Å²) in [6.45, 7) is 1.000. The van der Waals surface area contributed by atoms with Gasteiger partial charge in [-0.25, -0.2) is 5.43 Å². The zero-order valence-corrected chi connectivity index (χ0v) is 5.78. The summed E-state index contributed by atoms with van der Waals surface area (Å²) in [4.78, 5) is 0. The lowest BCUT2D eigenvalue weighted by Gasteiger charge is -2.14. The van der Waals surface area contributed by atoms with Crippen molar-refractivity contribution in [1.29, 1.82) is 0 Å². The van der Waals surface area contributed by atoms with Crippen LogP contribution in [0.1, 0.15) is 12.8 Å². The van der Waals surface area contributed by atoms with E-state index >= 15 is 0 Å². The van der Waals surface area contributed by atoms with Crippen LogP contribution in [0.25, 0.3) is 0 Å². The first-order chi connectivity index (χ1) is 4.95. The molecule has 3 nitrogen and oxygen atoms in total. The minimum absolute atomic E-state index is 1.000. The highest BCUT2D eigenvalue weighted by atomic mass is 15.6. The Balaban J connectivity index is 2.07. The smallest absolute Gasteiger partial charge is 0.0315 e. The number of allylic oxidation sites excluding steroid dienone is 3. The van der Waals surface area contributed by atoms with Gasteiger partial charge in [-0.05, 0) is 12.5 Å². The van der Waals surface area contributed by atoms with E-state index in [1.807, 2.05) is 0 Å². The minimum Gasteiger partial charge on any atom is -0.312 e. The second-order valence-corrected chi connectivity index (χ2v) is 2.62. The third-order valence-electron chi connectivity index (χ3n) is 1.82. The molecule has 1 fully saturated rings. The van der Waals surface area contributed by atoms with Crippen molar-refractivity contribution >= 4 is 0 Å². The lowest BCUT2D eigenvalue weighted by atomic mass is 10.1. The van der Waals surface area contributed by atoms with Gasteiger partial charge in [-0.2, -0.15) is 5.53 Å². The first-order valence-electron chi connectivity index (χ1n) is 3.57. The van der Waals surface area contributed by atoms with Crippen LogP contribution >= 0.6 is 0 Å². The van der Waals surface area contributed by atoms with Crippen LogP contribution in [0.2, 0.25) is 0 Å². The van der Waals surface area contributed by atoms with Gasteiger partial charge in [-0.1, -0.05) is 11.6 Å². The quantitative estimate of drug-likeness (QED) is 0.446. The van der Waals surface area contributed by atoms with Crippen molar-refractivity contribution in [2.24, 2.45) is 0 Å². The van der Waals surface area contributed by atoms with Gasteiger partial charge in [0.1, 0.15) is 0 Å².